The molecule has 0 fully saturated rings. The summed E-state index contributed by atoms with van der Waals surface area (Å²) < 4.78 is 23.9. The summed E-state index contributed by atoms with van der Waals surface area (Å²) in [6.07, 6.45) is 1.22. The van der Waals surface area contributed by atoms with E-state index in [1.165, 1.54) is 6.26 Å². The van der Waals surface area contributed by atoms with Gasteiger partial charge in [-0.25, -0.2) is 8.42 Å². The number of sulfone groups is 1. The lowest BCUT2D eigenvalue weighted by atomic mass is 10.1. The van der Waals surface area contributed by atoms with Crippen LogP contribution in [0, 0.1) is 0 Å². The maximum Gasteiger partial charge on any atom is 0.175 e. The number of halogens is 1. The van der Waals surface area contributed by atoms with Crippen molar-refractivity contribution in [3.8, 4) is 11.1 Å². The Morgan fingerprint density at radius 1 is 0.941 bits per heavy atom. The van der Waals surface area contributed by atoms with E-state index >= 15 is 0 Å². The van der Waals surface area contributed by atoms with Crippen LogP contribution in [-0.4, -0.2) is 14.7 Å². The highest BCUT2D eigenvalue weighted by Crippen LogP contribution is 2.24. The Morgan fingerprint density at radius 3 is 2.18 bits per heavy atom. The molecule has 0 radical (unpaired) electrons. The Hall–Kier alpha value is -1.13. The summed E-state index contributed by atoms with van der Waals surface area (Å²) in [4.78, 5) is 0.345. The third kappa shape index (κ3) is 2.96. The fourth-order valence-corrected chi connectivity index (χ4v) is 2.48. The molecule has 17 heavy (non-hydrogen) atoms. The van der Waals surface area contributed by atoms with Gasteiger partial charge in [-0.2, -0.15) is 0 Å². The summed E-state index contributed by atoms with van der Waals surface area (Å²) in [6.45, 7) is 0. The Morgan fingerprint density at radius 2 is 1.59 bits per heavy atom. The predicted octanol–water partition coefficient (Wildman–Crippen LogP) is 3.52. The second-order valence-electron chi connectivity index (χ2n) is 3.81. The molecule has 0 saturated carbocycles. The molecular weight excluding hydrogens is 300 g/mol. The van der Waals surface area contributed by atoms with E-state index in [-0.39, 0.29) is 0 Å². The van der Waals surface area contributed by atoms with Crippen LogP contribution in [-0.2, 0) is 9.84 Å². The summed E-state index contributed by atoms with van der Waals surface area (Å²) in [5.41, 5.74) is 1.90. The molecule has 0 aliphatic rings. The van der Waals surface area contributed by atoms with Gasteiger partial charge in [-0.05, 0) is 35.4 Å². The van der Waals surface area contributed by atoms with Crippen LogP contribution in [0.5, 0.6) is 0 Å². The van der Waals surface area contributed by atoms with Crippen LogP contribution in [0.25, 0.3) is 11.1 Å². The molecule has 2 aromatic rings. The van der Waals surface area contributed by atoms with Crippen LogP contribution in [0.2, 0.25) is 0 Å². The van der Waals surface area contributed by atoms with E-state index in [2.05, 4.69) is 15.9 Å². The first kappa shape index (κ1) is 12.3. The Balaban J connectivity index is 2.50. The van der Waals surface area contributed by atoms with Gasteiger partial charge in [0.2, 0.25) is 0 Å². The zero-order chi connectivity index (χ0) is 12.5. The maximum atomic E-state index is 11.5. The van der Waals surface area contributed by atoms with Crippen LogP contribution in [0.4, 0.5) is 0 Å². The minimum atomic E-state index is -3.15. The molecule has 2 aromatic carbocycles. The molecular formula is C13H11BrO2S. The largest absolute Gasteiger partial charge is 0.224 e. The van der Waals surface area contributed by atoms with Gasteiger partial charge in [0.05, 0.1) is 4.90 Å². The van der Waals surface area contributed by atoms with Crippen molar-refractivity contribution in [1.29, 1.82) is 0 Å². The molecule has 0 aromatic heterocycles. The smallest absolute Gasteiger partial charge is 0.175 e. The molecule has 0 atom stereocenters. The molecule has 0 N–H and O–H groups in total. The number of hydrogen-bond acceptors (Lipinski definition) is 2. The third-order valence-electron chi connectivity index (χ3n) is 2.44. The van der Waals surface area contributed by atoms with Crippen molar-refractivity contribution in [2.45, 2.75) is 4.90 Å². The van der Waals surface area contributed by atoms with Gasteiger partial charge in [-0.1, -0.05) is 40.2 Å². The van der Waals surface area contributed by atoms with Gasteiger partial charge in [0, 0.05) is 10.7 Å². The molecule has 0 aliphatic heterocycles. The van der Waals surface area contributed by atoms with Crippen molar-refractivity contribution < 1.29 is 8.42 Å². The quantitative estimate of drug-likeness (QED) is 0.850. The summed E-state index contributed by atoms with van der Waals surface area (Å²) in [7, 11) is -3.15. The second kappa shape index (κ2) is 4.63. The summed E-state index contributed by atoms with van der Waals surface area (Å²) in [6, 6.07) is 14.7. The molecule has 4 heteroatoms. The predicted molar refractivity (Wildman–Crippen MR) is 72.7 cm³/mol. The average Bonchev–Trinajstić information content (AvgIpc) is 2.29. The van der Waals surface area contributed by atoms with Crippen molar-refractivity contribution in [2.75, 3.05) is 6.26 Å². The van der Waals surface area contributed by atoms with Crippen LogP contribution < -0.4 is 0 Å². The van der Waals surface area contributed by atoms with Crippen LogP contribution >= 0.6 is 15.9 Å². The number of rotatable bonds is 2. The first-order valence-electron chi connectivity index (χ1n) is 5.03. The molecule has 0 heterocycles. The highest BCUT2D eigenvalue weighted by molar-refractivity contribution is 9.10. The van der Waals surface area contributed by atoms with E-state index < -0.39 is 9.84 Å². The maximum absolute atomic E-state index is 11.5. The van der Waals surface area contributed by atoms with Crippen LogP contribution in [0.3, 0.4) is 0 Å². The fraction of sp³-hybridized carbons (Fsp3) is 0.0769. The van der Waals surface area contributed by atoms with Crippen molar-refractivity contribution in [3.63, 3.8) is 0 Å². The molecule has 0 aliphatic carbocycles. The average molecular weight is 311 g/mol. The molecule has 0 spiro atoms. The van der Waals surface area contributed by atoms with Gasteiger partial charge in [-0.15, -0.1) is 0 Å². The molecule has 0 bridgehead atoms. The molecule has 2 nitrogen and oxygen atoms in total. The van der Waals surface area contributed by atoms with E-state index in [1.54, 1.807) is 18.2 Å². The number of benzene rings is 2. The minimum Gasteiger partial charge on any atom is -0.224 e. The fourth-order valence-electron chi connectivity index (χ4n) is 1.55. The molecule has 0 saturated heterocycles. The van der Waals surface area contributed by atoms with Gasteiger partial charge in [0.1, 0.15) is 0 Å². The number of hydrogen-bond donors (Lipinski definition) is 0. The van der Waals surface area contributed by atoms with Gasteiger partial charge >= 0.3 is 0 Å². The lowest BCUT2D eigenvalue weighted by Crippen LogP contribution is -1.96. The van der Waals surface area contributed by atoms with Crippen molar-refractivity contribution in [2.24, 2.45) is 0 Å². The van der Waals surface area contributed by atoms with E-state index in [4.69, 9.17) is 0 Å². The van der Waals surface area contributed by atoms with Crippen molar-refractivity contribution >= 4 is 25.8 Å². The van der Waals surface area contributed by atoms with Crippen molar-refractivity contribution in [1.82, 2.24) is 0 Å². The topological polar surface area (TPSA) is 34.1 Å². The lowest BCUT2D eigenvalue weighted by Gasteiger charge is -2.04. The van der Waals surface area contributed by atoms with E-state index in [9.17, 15) is 8.42 Å². The zero-order valence-electron chi connectivity index (χ0n) is 9.22. The molecule has 0 unspecified atom stereocenters. The minimum absolute atomic E-state index is 0.345. The molecule has 0 amide bonds. The van der Waals surface area contributed by atoms with Gasteiger partial charge in [0.15, 0.2) is 9.84 Å². The molecule has 88 valence electrons. The first-order chi connectivity index (χ1) is 7.97. The summed E-state index contributed by atoms with van der Waals surface area (Å²) in [5.74, 6) is 0. The standard InChI is InChI=1S/C13H11BrO2S/c1-17(15,16)13-4-2-3-11(9-13)10-5-7-12(14)8-6-10/h2-9H,1H3. The summed E-state index contributed by atoms with van der Waals surface area (Å²) >= 11 is 3.37. The van der Waals surface area contributed by atoms with E-state index in [0.29, 0.717) is 4.90 Å². The van der Waals surface area contributed by atoms with Gasteiger partial charge < -0.3 is 0 Å². The first-order valence-corrected chi connectivity index (χ1v) is 7.71. The third-order valence-corrected chi connectivity index (χ3v) is 4.08. The van der Waals surface area contributed by atoms with Crippen LogP contribution in [0.15, 0.2) is 57.9 Å². The Bertz CT molecular complexity index is 631. The summed E-state index contributed by atoms with van der Waals surface area (Å²) in [5, 5.41) is 0. The SMILES string of the molecule is CS(=O)(=O)c1cccc(-c2ccc(Br)cc2)c1. The van der Waals surface area contributed by atoms with Gasteiger partial charge in [-0.3, -0.25) is 0 Å². The highest BCUT2D eigenvalue weighted by Gasteiger charge is 2.07. The highest BCUT2D eigenvalue weighted by atomic mass is 79.9. The van der Waals surface area contributed by atoms with Crippen LogP contribution in [0.1, 0.15) is 0 Å². The Labute approximate surface area is 109 Å². The van der Waals surface area contributed by atoms with E-state index in [0.717, 1.165) is 15.6 Å². The normalized spacial score (nSPS) is 11.4. The zero-order valence-corrected chi connectivity index (χ0v) is 11.6. The molecule has 2 rings (SSSR count). The monoisotopic (exact) mass is 310 g/mol. The van der Waals surface area contributed by atoms with Crippen molar-refractivity contribution in [3.05, 3.63) is 53.0 Å². The lowest BCUT2D eigenvalue weighted by molar-refractivity contribution is 0.602. The second-order valence-corrected chi connectivity index (χ2v) is 6.74. The van der Waals surface area contributed by atoms with E-state index in [1.807, 2.05) is 30.3 Å². The Kier molecular flexibility index (Phi) is 3.35. The van der Waals surface area contributed by atoms with Gasteiger partial charge in [0.25, 0.3) is 0 Å².